The number of ether oxygens (including phenoxy) is 2. The molecule has 0 aliphatic carbocycles. The van der Waals surface area contributed by atoms with Gasteiger partial charge in [-0.1, -0.05) is 34.1 Å². The van der Waals surface area contributed by atoms with E-state index in [1.165, 1.54) is 5.56 Å². The van der Waals surface area contributed by atoms with Crippen molar-refractivity contribution >= 4 is 22.0 Å². The Bertz CT molecular complexity index is 443. The fourth-order valence-corrected chi connectivity index (χ4v) is 2.15. The van der Waals surface area contributed by atoms with Crippen molar-refractivity contribution in [1.29, 1.82) is 0 Å². The third-order valence-corrected chi connectivity index (χ3v) is 3.38. The molecule has 0 unspecified atom stereocenters. The van der Waals surface area contributed by atoms with Crippen LogP contribution in [0.1, 0.15) is 32.8 Å². The summed E-state index contributed by atoms with van der Waals surface area (Å²) < 4.78 is 11.8. The van der Waals surface area contributed by atoms with Gasteiger partial charge in [0.15, 0.2) is 0 Å². The minimum Gasteiger partial charge on any atom is -0.444 e. The van der Waals surface area contributed by atoms with Gasteiger partial charge < -0.3 is 14.8 Å². The first-order valence-electron chi connectivity index (χ1n) is 7.16. The van der Waals surface area contributed by atoms with Gasteiger partial charge in [0.05, 0.1) is 6.61 Å². The second-order valence-electron chi connectivity index (χ2n) is 5.74. The van der Waals surface area contributed by atoms with Gasteiger partial charge in [0.25, 0.3) is 0 Å². The highest BCUT2D eigenvalue weighted by Crippen LogP contribution is 2.16. The molecule has 0 aliphatic rings. The lowest BCUT2D eigenvalue weighted by molar-refractivity contribution is 0.0520. The number of carbonyl (C=O) groups is 1. The van der Waals surface area contributed by atoms with Gasteiger partial charge in [-0.15, -0.1) is 0 Å². The van der Waals surface area contributed by atoms with Crippen molar-refractivity contribution in [1.82, 2.24) is 5.32 Å². The van der Waals surface area contributed by atoms with E-state index in [1.54, 1.807) is 0 Å². The molecule has 0 atom stereocenters. The molecule has 1 N–H and O–H groups in total. The fraction of sp³-hybridized carbons (Fsp3) is 0.562. The molecule has 4 nitrogen and oxygen atoms in total. The van der Waals surface area contributed by atoms with Crippen LogP contribution < -0.4 is 5.32 Å². The zero-order valence-electron chi connectivity index (χ0n) is 12.9. The summed E-state index contributed by atoms with van der Waals surface area (Å²) in [5.41, 5.74) is 0.785. The molecular weight excluding hydrogens is 334 g/mol. The molecule has 0 spiro atoms. The zero-order valence-corrected chi connectivity index (χ0v) is 14.5. The highest BCUT2D eigenvalue weighted by molar-refractivity contribution is 9.10. The van der Waals surface area contributed by atoms with Gasteiger partial charge in [0, 0.05) is 17.6 Å². The summed E-state index contributed by atoms with van der Waals surface area (Å²) in [4.78, 5) is 11.4. The van der Waals surface area contributed by atoms with Crippen LogP contribution in [0.3, 0.4) is 0 Å². The topological polar surface area (TPSA) is 47.6 Å². The second kappa shape index (κ2) is 9.05. The number of hydrogen-bond donors (Lipinski definition) is 1. The Balaban J connectivity index is 2.03. The minimum atomic E-state index is -0.455. The lowest BCUT2D eigenvalue weighted by atomic mass is 10.2. The van der Waals surface area contributed by atoms with Gasteiger partial charge in [-0.05, 0) is 45.2 Å². The van der Waals surface area contributed by atoms with E-state index in [9.17, 15) is 4.79 Å². The third-order valence-electron chi connectivity index (χ3n) is 2.61. The van der Waals surface area contributed by atoms with E-state index in [-0.39, 0.29) is 6.09 Å². The molecule has 1 aromatic carbocycles. The molecule has 1 rings (SSSR count). The molecule has 5 heteroatoms. The number of rotatable bonds is 7. The van der Waals surface area contributed by atoms with Crippen molar-refractivity contribution in [2.24, 2.45) is 0 Å². The van der Waals surface area contributed by atoms with E-state index in [2.05, 4.69) is 27.3 Å². The van der Waals surface area contributed by atoms with E-state index >= 15 is 0 Å². The lowest BCUT2D eigenvalue weighted by Crippen LogP contribution is -2.33. The maximum absolute atomic E-state index is 11.4. The van der Waals surface area contributed by atoms with Crippen molar-refractivity contribution in [3.05, 3.63) is 34.3 Å². The Labute approximate surface area is 135 Å². The largest absolute Gasteiger partial charge is 0.444 e. The SMILES string of the molecule is CC(C)(C)OC(=O)NCCCOCCc1ccccc1Br. The van der Waals surface area contributed by atoms with Gasteiger partial charge >= 0.3 is 6.09 Å². The van der Waals surface area contributed by atoms with Crippen molar-refractivity contribution in [3.63, 3.8) is 0 Å². The highest BCUT2D eigenvalue weighted by atomic mass is 79.9. The third kappa shape index (κ3) is 8.73. The van der Waals surface area contributed by atoms with Crippen LogP contribution in [0, 0.1) is 0 Å². The molecule has 0 aliphatic heterocycles. The predicted octanol–water partition coefficient (Wildman–Crippen LogP) is 3.92. The number of alkyl carbamates (subject to hydrolysis) is 1. The molecule has 118 valence electrons. The van der Waals surface area contributed by atoms with Crippen LogP contribution in [0.2, 0.25) is 0 Å². The van der Waals surface area contributed by atoms with Gasteiger partial charge in [-0.3, -0.25) is 0 Å². The Morgan fingerprint density at radius 3 is 2.62 bits per heavy atom. The first-order chi connectivity index (χ1) is 9.88. The Hall–Kier alpha value is -1.07. The zero-order chi connectivity index (χ0) is 15.7. The van der Waals surface area contributed by atoms with E-state index in [0.29, 0.717) is 19.8 Å². The lowest BCUT2D eigenvalue weighted by Gasteiger charge is -2.19. The van der Waals surface area contributed by atoms with E-state index in [1.807, 2.05) is 39.0 Å². The number of benzene rings is 1. The maximum atomic E-state index is 11.4. The van der Waals surface area contributed by atoms with E-state index in [0.717, 1.165) is 17.3 Å². The van der Waals surface area contributed by atoms with E-state index in [4.69, 9.17) is 9.47 Å². The smallest absolute Gasteiger partial charge is 0.407 e. The average molecular weight is 358 g/mol. The Morgan fingerprint density at radius 2 is 1.95 bits per heavy atom. The van der Waals surface area contributed by atoms with Crippen LogP contribution in [0.15, 0.2) is 28.7 Å². The number of amides is 1. The normalized spacial score (nSPS) is 11.2. The molecule has 0 radical (unpaired) electrons. The summed E-state index contributed by atoms with van der Waals surface area (Å²) in [6.07, 6.45) is 1.27. The Morgan fingerprint density at radius 1 is 1.24 bits per heavy atom. The van der Waals surface area contributed by atoms with Crippen molar-refractivity contribution in [3.8, 4) is 0 Å². The van der Waals surface area contributed by atoms with Gasteiger partial charge in [-0.2, -0.15) is 0 Å². The summed E-state index contributed by atoms with van der Waals surface area (Å²) in [5.74, 6) is 0. The molecule has 0 aromatic heterocycles. The molecule has 0 saturated heterocycles. The van der Waals surface area contributed by atoms with Crippen LogP contribution in [0.5, 0.6) is 0 Å². The first-order valence-corrected chi connectivity index (χ1v) is 7.96. The number of hydrogen-bond acceptors (Lipinski definition) is 3. The summed E-state index contributed by atoms with van der Waals surface area (Å²) >= 11 is 3.51. The quantitative estimate of drug-likeness (QED) is 0.752. The molecule has 0 fully saturated rings. The fourth-order valence-electron chi connectivity index (χ4n) is 1.66. The summed E-state index contributed by atoms with van der Waals surface area (Å²) in [6, 6.07) is 8.12. The minimum absolute atomic E-state index is 0.379. The van der Waals surface area contributed by atoms with Crippen LogP contribution in [0.4, 0.5) is 4.79 Å². The monoisotopic (exact) mass is 357 g/mol. The highest BCUT2D eigenvalue weighted by Gasteiger charge is 2.15. The first kappa shape index (κ1) is 18.0. The summed E-state index contributed by atoms with van der Waals surface area (Å²) in [6.45, 7) is 7.39. The van der Waals surface area contributed by atoms with Crippen molar-refractivity contribution < 1.29 is 14.3 Å². The molecule has 21 heavy (non-hydrogen) atoms. The molecule has 1 aromatic rings. The van der Waals surface area contributed by atoms with Crippen molar-refractivity contribution in [2.45, 2.75) is 39.2 Å². The second-order valence-corrected chi connectivity index (χ2v) is 6.59. The average Bonchev–Trinajstić information content (AvgIpc) is 2.37. The molecule has 0 saturated carbocycles. The van der Waals surface area contributed by atoms with Gasteiger partial charge in [-0.25, -0.2) is 4.79 Å². The van der Waals surface area contributed by atoms with Crippen LogP contribution in [-0.2, 0) is 15.9 Å². The summed E-state index contributed by atoms with van der Waals surface area (Å²) in [7, 11) is 0. The van der Waals surface area contributed by atoms with Gasteiger partial charge in [0.1, 0.15) is 5.60 Å². The number of carbonyl (C=O) groups excluding carboxylic acids is 1. The molecular formula is C16H24BrNO3. The van der Waals surface area contributed by atoms with Crippen molar-refractivity contribution in [2.75, 3.05) is 19.8 Å². The number of halogens is 1. The van der Waals surface area contributed by atoms with Crippen LogP contribution in [0.25, 0.3) is 0 Å². The molecule has 1 amide bonds. The van der Waals surface area contributed by atoms with Gasteiger partial charge in [0.2, 0.25) is 0 Å². The van der Waals surface area contributed by atoms with Crippen LogP contribution in [-0.4, -0.2) is 31.5 Å². The van der Waals surface area contributed by atoms with E-state index < -0.39 is 5.60 Å². The maximum Gasteiger partial charge on any atom is 0.407 e. The number of nitrogens with one attached hydrogen (secondary N) is 1. The standard InChI is InChI=1S/C16H24BrNO3/c1-16(2,3)21-15(19)18-10-6-11-20-12-9-13-7-4-5-8-14(13)17/h4-5,7-8H,6,9-12H2,1-3H3,(H,18,19). The summed E-state index contributed by atoms with van der Waals surface area (Å²) in [5, 5.41) is 2.71. The Kier molecular flexibility index (Phi) is 7.75. The molecule has 0 heterocycles. The van der Waals surface area contributed by atoms with Crippen LogP contribution >= 0.6 is 15.9 Å². The predicted molar refractivity (Wildman–Crippen MR) is 87.5 cm³/mol. The molecule has 0 bridgehead atoms.